The van der Waals surface area contributed by atoms with Gasteiger partial charge in [-0.05, 0) is 25.9 Å². The second kappa shape index (κ2) is 6.45. The fourth-order valence-electron chi connectivity index (χ4n) is 2.14. The Morgan fingerprint density at radius 1 is 1.31 bits per heavy atom. The highest BCUT2D eigenvalue weighted by molar-refractivity contribution is 4.79. The third-order valence-electron chi connectivity index (χ3n) is 3.01. The third kappa shape index (κ3) is 5.16. The Morgan fingerprint density at radius 3 is 2.69 bits per heavy atom. The highest BCUT2D eigenvalue weighted by Crippen LogP contribution is 2.26. The van der Waals surface area contributed by atoms with Crippen molar-refractivity contribution in [3.05, 3.63) is 0 Å². The topological polar surface area (TPSA) is 15.3 Å². The lowest BCUT2D eigenvalue weighted by molar-refractivity contribution is -0.147. The molecule has 0 aliphatic carbocycles. The Hall–Kier alpha value is -0.290. The summed E-state index contributed by atoms with van der Waals surface area (Å²) in [5, 5.41) is 3.16. The molecule has 5 heteroatoms. The van der Waals surface area contributed by atoms with E-state index in [1.165, 1.54) is 0 Å². The van der Waals surface area contributed by atoms with Crippen molar-refractivity contribution in [3.63, 3.8) is 0 Å². The summed E-state index contributed by atoms with van der Waals surface area (Å²) in [5.74, 6) is 0. The van der Waals surface area contributed by atoms with Gasteiger partial charge in [-0.15, -0.1) is 0 Å². The molecule has 1 atom stereocenters. The monoisotopic (exact) mass is 238 g/mol. The first-order valence-corrected chi connectivity index (χ1v) is 6.04. The zero-order valence-corrected chi connectivity index (χ0v) is 9.82. The zero-order valence-electron chi connectivity index (χ0n) is 9.82. The lowest BCUT2D eigenvalue weighted by atomic mass is 10.1. The van der Waals surface area contributed by atoms with Gasteiger partial charge in [-0.3, -0.25) is 4.90 Å². The molecule has 1 N–H and O–H groups in total. The molecule has 2 nitrogen and oxygen atoms in total. The van der Waals surface area contributed by atoms with Gasteiger partial charge in [0.15, 0.2) is 0 Å². The van der Waals surface area contributed by atoms with Crippen LogP contribution >= 0.6 is 0 Å². The number of unbranched alkanes of at least 4 members (excludes halogenated alkanes) is 1. The Kier molecular flexibility index (Phi) is 5.55. The van der Waals surface area contributed by atoms with Gasteiger partial charge in [-0.1, -0.05) is 13.3 Å². The van der Waals surface area contributed by atoms with Gasteiger partial charge in [0, 0.05) is 19.1 Å². The Bertz CT molecular complexity index is 194. The van der Waals surface area contributed by atoms with Crippen molar-refractivity contribution in [1.29, 1.82) is 0 Å². The molecule has 0 amide bonds. The van der Waals surface area contributed by atoms with Crippen molar-refractivity contribution >= 4 is 0 Å². The predicted molar refractivity (Wildman–Crippen MR) is 58.4 cm³/mol. The molecule has 0 aromatic carbocycles. The van der Waals surface area contributed by atoms with Gasteiger partial charge in [-0.2, -0.15) is 13.2 Å². The van der Waals surface area contributed by atoms with Gasteiger partial charge in [-0.25, -0.2) is 0 Å². The van der Waals surface area contributed by atoms with Gasteiger partial charge < -0.3 is 5.32 Å². The van der Waals surface area contributed by atoms with Crippen LogP contribution in [0, 0.1) is 0 Å². The number of nitrogens with one attached hydrogen (secondary N) is 1. The number of nitrogens with zero attached hydrogens (tertiary/aromatic N) is 1. The number of hydrogen-bond donors (Lipinski definition) is 1. The van der Waals surface area contributed by atoms with Crippen molar-refractivity contribution in [1.82, 2.24) is 10.2 Å². The van der Waals surface area contributed by atoms with Gasteiger partial charge in [0.1, 0.15) is 0 Å². The van der Waals surface area contributed by atoms with Crippen LogP contribution in [-0.2, 0) is 0 Å². The normalized spacial score (nSPS) is 24.4. The molecule has 1 aliphatic heterocycles. The van der Waals surface area contributed by atoms with Crippen molar-refractivity contribution in [3.8, 4) is 0 Å². The summed E-state index contributed by atoms with van der Waals surface area (Å²) < 4.78 is 37.3. The lowest BCUT2D eigenvalue weighted by Gasteiger charge is -2.30. The van der Waals surface area contributed by atoms with E-state index >= 15 is 0 Å². The first-order chi connectivity index (χ1) is 7.53. The van der Waals surface area contributed by atoms with E-state index in [4.69, 9.17) is 0 Å². The molecule has 96 valence electrons. The van der Waals surface area contributed by atoms with E-state index in [0.717, 1.165) is 32.5 Å². The minimum absolute atomic E-state index is 0.332. The van der Waals surface area contributed by atoms with Crippen molar-refractivity contribution < 1.29 is 13.2 Å². The fraction of sp³-hybridized carbons (Fsp3) is 1.00. The van der Waals surface area contributed by atoms with Crippen LogP contribution in [0.15, 0.2) is 0 Å². The van der Waals surface area contributed by atoms with Crippen LogP contribution in [0.25, 0.3) is 0 Å². The Morgan fingerprint density at radius 2 is 2.06 bits per heavy atom. The Labute approximate surface area is 95.2 Å². The van der Waals surface area contributed by atoms with E-state index in [2.05, 4.69) is 12.2 Å². The number of halogens is 3. The summed E-state index contributed by atoms with van der Waals surface area (Å²) in [5.41, 5.74) is 0. The predicted octanol–water partition coefficient (Wildman–Crippen LogP) is 2.40. The molecule has 16 heavy (non-hydrogen) atoms. The second-order valence-electron chi connectivity index (χ2n) is 4.40. The molecule has 1 aliphatic rings. The van der Waals surface area contributed by atoms with Crippen molar-refractivity contribution in [2.24, 2.45) is 0 Å². The minimum Gasteiger partial charge on any atom is -0.315 e. The molecule has 0 aromatic heterocycles. The number of rotatable bonds is 4. The molecule has 0 saturated carbocycles. The third-order valence-corrected chi connectivity index (χ3v) is 3.01. The highest BCUT2D eigenvalue weighted by Gasteiger charge is 2.34. The van der Waals surface area contributed by atoms with E-state index in [0.29, 0.717) is 13.0 Å². The lowest BCUT2D eigenvalue weighted by Crippen LogP contribution is -2.39. The largest absolute Gasteiger partial charge is 0.390 e. The van der Waals surface area contributed by atoms with Gasteiger partial charge >= 0.3 is 6.18 Å². The second-order valence-corrected chi connectivity index (χ2v) is 4.40. The maximum Gasteiger partial charge on any atom is 0.390 e. The molecular formula is C11H21F3N2. The summed E-state index contributed by atoms with van der Waals surface area (Å²) in [7, 11) is 0. The summed E-state index contributed by atoms with van der Waals surface area (Å²) in [6.07, 6.45) is -2.10. The van der Waals surface area contributed by atoms with E-state index in [9.17, 15) is 13.2 Å². The first kappa shape index (κ1) is 13.8. The van der Waals surface area contributed by atoms with Crippen LogP contribution < -0.4 is 5.32 Å². The van der Waals surface area contributed by atoms with E-state index in [-0.39, 0.29) is 6.04 Å². The maximum atomic E-state index is 12.4. The smallest absolute Gasteiger partial charge is 0.315 e. The molecule has 1 heterocycles. The van der Waals surface area contributed by atoms with Crippen LogP contribution in [0.4, 0.5) is 13.2 Å². The highest BCUT2D eigenvalue weighted by atomic mass is 19.4. The van der Waals surface area contributed by atoms with E-state index in [1.807, 2.05) is 4.90 Å². The van der Waals surface area contributed by atoms with Crippen molar-refractivity contribution in [2.75, 3.05) is 26.2 Å². The maximum absolute atomic E-state index is 12.4. The molecule has 0 spiro atoms. The molecule has 0 radical (unpaired) electrons. The molecule has 0 bridgehead atoms. The zero-order chi connectivity index (χ0) is 12.0. The molecule has 1 fully saturated rings. The first-order valence-electron chi connectivity index (χ1n) is 6.04. The van der Waals surface area contributed by atoms with Crippen LogP contribution in [0.1, 0.15) is 32.6 Å². The van der Waals surface area contributed by atoms with Gasteiger partial charge in [0.2, 0.25) is 0 Å². The van der Waals surface area contributed by atoms with Gasteiger partial charge in [0.25, 0.3) is 0 Å². The Balaban J connectivity index is 2.51. The van der Waals surface area contributed by atoms with Crippen molar-refractivity contribution in [2.45, 2.75) is 44.8 Å². The summed E-state index contributed by atoms with van der Waals surface area (Å²) in [6.45, 7) is 5.09. The van der Waals surface area contributed by atoms with Crippen LogP contribution in [0.3, 0.4) is 0 Å². The van der Waals surface area contributed by atoms with Crippen LogP contribution in [0.2, 0.25) is 0 Å². The van der Waals surface area contributed by atoms with E-state index < -0.39 is 12.6 Å². The standard InChI is InChI=1S/C11H21F3N2/c1-2-3-7-16-8-6-15-5-4-10(16)9-11(12,13)14/h10,15H,2-9H2,1H3. The fourth-order valence-corrected chi connectivity index (χ4v) is 2.14. The number of hydrogen-bond acceptors (Lipinski definition) is 2. The molecule has 1 unspecified atom stereocenters. The number of alkyl halides is 3. The van der Waals surface area contributed by atoms with E-state index in [1.54, 1.807) is 0 Å². The van der Waals surface area contributed by atoms with Crippen LogP contribution in [-0.4, -0.2) is 43.3 Å². The quantitative estimate of drug-likeness (QED) is 0.809. The molecule has 0 aromatic rings. The summed E-state index contributed by atoms with van der Waals surface area (Å²) in [4.78, 5) is 2.00. The average molecular weight is 238 g/mol. The molecular weight excluding hydrogens is 217 g/mol. The summed E-state index contributed by atoms with van der Waals surface area (Å²) >= 11 is 0. The van der Waals surface area contributed by atoms with Gasteiger partial charge in [0.05, 0.1) is 6.42 Å². The summed E-state index contributed by atoms with van der Waals surface area (Å²) in [6, 6.07) is -0.332. The molecule has 1 rings (SSSR count). The SMILES string of the molecule is CCCCN1CCNCCC1CC(F)(F)F. The molecule has 1 saturated heterocycles. The van der Waals surface area contributed by atoms with Crippen LogP contribution in [0.5, 0.6) is 0 Å². The minimum atomic E-state index is -4.04. The average Bonchev–Trinajstić information content (AvgIpc) is 2.38.